The summed E-state index contributed by atoms with van der Waals surface area (Å²) >= 11 is 0. The molecule has 0 aromatic rings. The van der Waals surface area contributed by atoms with E-state index in [1.165, 1.54) is 0 Å². The molecule has 0 saturated heterocycles. The summed E-state index contributed by atoms with van der Waals surface area (Å²) in [6, 6.07) is 0. The molecule has 0 rings (SSSR count). The molecule has 1 atom stereocenters. The summed E-state index contributed by atoms with van der Waals surface area (Å²) in [7, 11) is 0. The Labute approximate surface area is 68.9 Å². The largest absolute Gasteiger partial charge is 0.462 e. The predicted octanol–water partition coefficient (Wildman–Crippen LogP) is 2.19. The van der Waals surface area contributed by atoms with E-state index in [1.54, 1.807) is 6.92 Å². The van der Waals surface area contributed by atoms with Crippen molar-refractivity contribution in [2.24, 2.45) is 5.41 Å². The average molecular weight is 157 g/mol. The van der Waals surface area contributed by atoms with Crippen LogP contribution in [0.1, 0.15) is 34.1 Å². The van der Waals surface area contributed by atoms with Gasteiger partial charge in [-0.05, 0) is 34.1 Å². The minimum atomic E-state index is -0.369. The summed E-state index contributed by atoms with van der Waals surface area (Å²) in [6.45, 7) is 11.0. The summed E-state index contributed by atoms with van der Waals surface area (Å²) < 4.78 is 4.96. The van der Waals surface area contributed by atoms with Crippen LogP contribution in [-0.2, 0) is 9.53 Å². The van der Waals surface area contributed by atoms with Crippen molar-refractivity contribution < 1.29 is 9.53 Å². The van der Waals surface area contributed by atoms with Crippen LogP contribution in [-0.4, -0.2) is 12.1 Å². The van der Waals surface area contributed by atoms with E-state index in [0.29, 0.717) is 0 Å². The first-order chi connectivity index (χ1) is 4.90. The highest BCUT2D eigenvalue weighted by Crippen LogP contribution is 2.21. The van der Waals surface area contributed by atoms with Gasteiger partial charge in [0.15, 0.2) is 0 Å². The van der Waals surface area contributed by atoms with Gasteiger partial charge in [0.25, 0.3) is 0 Å². The minimum Gasteiger partial charge on any atom is -0.462 e. The number of carbonyl (C=O) groups excluding carboxylic acids is 1. The van der Waals surface area contributed by atoms with Gasteiger partial charge in [0.2, 0.25) is 0 Å². The van der Waals surface area contributed by atoms with Crippen LogP contribution < -0.4 is 0 Å². The molecule has 0 aliphatic heterocycles. The maximum absolute atomic E-state index is 11.2. The number of carbonyl (C=O) groups is 1. The SMILES string of the molecule is [CH2]C(C)OC(=O)C(C)(C)CC. The fraction of sp³-hybridized carbons (Fsp3) is 0.778. The van der Waals surface area contributed by atoms with E-state index in [9.17, 15) is 4.79 Å². The third-order valence-corrected chi connectivity index (χ3v) is 1.74. The van der Waals surface area contributed by atoms with Gasteiger partial charge in [0.1, 0.15) is 0 Å². The number of hydrogen-bond donors (Lipinski definition) is 0. The molecule has 0 heterocycles. The molecule has 0 amide bonds. The van der Waals surface area contributed by atoms with Crippen LogP contribution in [0.3, 0.4) is 0 Å². The normalized spacial score (nSPS) is 11.8. The lowest BCUT2D eigenvalue weighted by molar-refractivity contribution is -0.156. The molecule has 0 N–H and O–H groups in total. The Morgan fingerprint density at radius 2 is 2.09 bits per heavy atom. The fourth-order valence-electron chi connectivity index (χ4n) is 0.487. The molecule has 0 spiro atoms. The second-order valence-corrected chi connectivity index (χ2v) is 3.45. The van der Waals surface area contributed by atoms with Crippen LogP contribution in [0, 0.1) is 12.3 Å². The Morgan fingerprint density at radius 1 is 1.64 bits per heavy atom. The van der Waals surface area contributed by atoms with E-state index < -0.39 is 0 Å². The van der Waals surface area contributed by atoms with Crippen molar-refractivity contribution in [1.29, 1.82) is 0 Å². The molecule has 0 bridgehead atoms. The smallest absolute Gasteiger partial charge is 0.311 e. The molecule has 0 aliphatic rings. The van der Waals surface area contributed by atoms with Crippen LogP contribution in [0.2, 0.25) is 0 Å². The van der Waals surface area contributed by atoms with Crippen LogP contribution >= 0.6 is 0 Å². The third-order valence-electron chi connectivity index (χ3n) is 1.74. The zero-order valence-electron chi connectivity index (χ0n) is 7.81. The van der Waals surface area contributed by atoms with Crippen molar-refractivity contribution in [3.8, 4) is 0 Å². The quantitative estimate of drug-likeness (QED) is 0.587. The maximum Gasteiger partial charge on any atom is 0.311 e. The first-order valence-electron chi connectivity index (χ1n) is 3.94. The Balaban J connectivity index is 4.02. The molecule has 1 unspecified atom stereocenters. The first kappa shape index (κ1) is 10.5. The molecule has 1 radical (unpaired) electrons. The second kappa shape index (κ2) is 3.74. The highest BCUT2D eigenvalue weighted by Gasteiger charge is 2.27. The zero-order chi connectivity index (χ0) is 9.07. The summed E-state index contributed by atoms with van der Waals surface area (Å²) in [6.07, 6.45) is 0.534. The number of ether oxygens (including phenoxy) is 1. The van der Waals surface area contributed by atoms with Crippen LogP contribution in [0.5, 0.6) is 0 Å². The molecule has 2 heteroatoms. The Kier molecular flexibility index (Phi) is 3.56. The molecule has 2 nitrogen and oxygen atoms in total. The van der Waals surface area contributed by atoms with Gasteiger partial charge in [-0.1, -0.05) is 6.92 Å². The Morgan fingerprint density at radius 3 is 2.36 bits per heavy atom. The summed E-state index contributed by atoms with van der Waals surface area (Å²) in [4.78, 5) is 11.2. The van der Waals surface area contributed by atoms with Crippen molar-refractivity contribution in [2.45, 2.75) is 40.2 Å². The van der Waals surface area contributed by atoms with Gasteiger partial charge in [-0.25, -0.2) is 0 Å². The highest BCUT2D eigenvalue weighted by molar-refractivity contribution is 5.75. The average Bonchev–Trinajstić information content (AvgIpc) is 1.86. The summed E-state index contributed by atoms with van der Waals surface area (Å²) in [5.74, 6) is -0.164. The number of hydrogen-bond acceptors (Lipinski definition) is 2. The van der Waals surface area contributed by atoms with E-state index in [2.05, 4.69) is 6.92 Å². The Bertz CT molecular complexity index is 136. The minimum absolute atomic E-state index is 0.164. The highest BCUT2D eigenvalue weighted by atomic mass is 16.5. The summed E-state index contributed by atoms with van der Waals surface area (Å²) in [5, 5.41) is 0. The molecule has 0 aromatic carbocycles. The van der Waals surface area contributed by atoms with Gasteiger partial charge in [0.05, 0.1) is 11.5 Å². The molecular formula is C9H17O2. The molecule has 11 heavy (non-hydrogen) atoms. The van der Waals surface area contributed by atoms with Crippen molar-refractivity contribution >= 4 is 5.97 Å². The lowest BCUT2D eigenvalue weighted by Crippen LogP contribution is -2.28. The van der Waals surface area contributed by atoms with E-state index in [4.69, 9.17) is 4.74 Å². The van der Waals surface area contributed by atoms with Crippen LogP contribution in [0.4, 0.5) is 0 Å². The summed E-state index contributed by atoms with van der Waals surface area (Å²) in [5.41, 5.74) is -0.369. The van der Waals surface area contributed by atoms with Crippen molar-refractivity contribution in [2.75, 3.05) is 0 Å². The van der Waals surface area contributed by atoms with Gasteiger partial charge in [-0.15, -0.1) is 0 Å². The first-order valence-corrected chi connectivity index (χ1v) is 3.94. The topological polar surface area (TPSA) is 26.3 Å². The zero-order valence-corrected chi connectivity index (χ0v) is 7.81. The van der Waals surface area contributed by atoms with E-state index in [1.807, 2.05) is 20.8 Å². The molecule has 0 saturated carbocycles. The predicted molar refractivity (Wildman–Crippen MR) is 45.0 cm³/mol. The van der Waals surface area contributed by atoms with Crippen LogP contribution in [0.15, 0.2) is 0 Å². The van der Waals surface area contributed by atoms with E-state index in [0.717, 1.165) is 6.42 Å². The molecular weight excluding hydrogens is 140 g/mol. The van der Waals surface area contributed by atoms with Gasteiger partial charge in [0, 0.05) is 0 Å². The third kappa shape index (κ3) is 3.40. The standard InChI is InChI=1S/C9H17O2/c1-6-9(4,5)8(10)11-7(2)3/h7H,2,6H2,1,3-5H3. The van der Waals surface area contributed by atoms with Gasteiger partial charge in [-0.3, -0.25) is 4.79 Å². The lowest BCUT2D eigenvalue weighted by Gasteiger charge is -2.21. The molecule has 0 aliphatic carbocycles. The van der Waals surface area contributed by atoms with Crippen LogP contribution in [0.25, 0.3) is 0 Å². The van der Waals surface area contributed by atoms with Gasteiger partial charge >= 0.3 is 5.97 Å². The molecule has 0 aromatic heterocycles. The lowest BCUT2D eigenvalue weighted by atomic mass is 9.91. The van der Waals surface area contributed by atoms with Crippen molar-refractivity contribution in [3.63, 3.8) is 0 Å². The Hall–Kier alpha value is -0.530. The van der Waals surface area contributed by atoms with E-state index >= 15 is 0 Å². The monoisotopic (exact) mass is 157 g/mol. The molecule has 0 fully saturated rings. The fourth-order valence-corrected chi connectivity index (χ4v) is 0.487. The van der Waals surface area contributed by atoms with Gasteiger partial charge < -0.3 is 4.74 Å². The second-order valence-electron chi connectivity index (χ2n) is 3.45. The van der Waals surface area contributed by atoms with Crippen molar-refractivity contribution in [3.05, 3.63) is 6.92 Å². The number of rotatable bonds is 3. The van der Waals surface area contributed by atoms with Crippen molar-refractivity contribution in [1.82, 2.24) is 0 Å². The van der Waals surface area contributed by atoms with E-state index in [-0.39, 0.29) is 17.5 Å². The number of esters is 1. The molecule has 65 valence electrons. The maximum atomic E-state index is 11.2. The van der Waals surface area contributed by atoms with Gasteiger partial charge in [-0.2, -0.15) is 0 Å².